The van der Waals surface area contributed by atoms with Crippen molar-refractivity contribution < 1.29 is 0 Å². The average molecular weight is 357 g/mol. The summed E-state index contributed by atoms with van der Waals surface area (Å²) in [7, 11) is 4.20. The van der Waals surface area contributed by atoms with Crippen molar-refractivity contribution in [2.75, 3.05) is 0 Å². The maximum absolute atomic E-state index is 4.92. The highest BCUT2D eigenvalue weighted by Gasteiger charge is 2.13. The molecule has 0 aliphatic heterocycles. The van der Waals surface area contributed by atoms with Crippen LogP contribution >= 0.6 is 11.3 Å². The lowest BCUT2D eigenvalue weighted by Crippen LogP contribution is -1.92. The van der Waals surface area contributed by atoms with Gasteiger partial charge in [-0.05, 0) is 31.2 Å². The van der Waals surface area contributed by atoms with Gasteiger partial charge in [0.15, 0.2) is 0 Å². The van der Waals surface area contributed by atoms with Gasteiger partial charge in [-0.1, -0.05) is 30.3 Å². The molecule has 128 valence electrons. The fourth-order valence-electron chi connectivity index (χ4n) is 3.73. The first-order valence-electron chi connectivity index (χ1n) is 8.69. The Morgan fingerprint density at radius 2 is 1.69 bits per heavy atom. The van der Waals surface area contributed by atoms with Gasteiger partial charge in [0.1, 0.15) is 5.82 Å². The molecule has 0 saturated heterocycles. The number of aryl methyl sites for hydroxylation is 3. The van der Waals surface area contributed by atoms with Crippen molar-refractivity contribution >= 4 is 33.1 Å². The molecule has 0 saturated carbocycles. The molecule has 26 heavy (non-hydrogen) atoms. The Kier molecular flexibility index (Phi) is 3.31. The number of fused-ring (bicyclic) bond motifs is 3. The summed E-state index contributed by atoms with van der Waals surface area (Å²) in [5.74, 6) is 0.998. The number of aromatic nitrogens is 3. The summed E-state index contributed by atoms with van der Waals surface area (Å²) in [5.41, 5.74) is 4.68. The monoisotopic (exact) mass is 357 g/mol. The standard InChI is InChI=1S/C22H19N3S/c1-14-8-11-21(26-14)18-13-24(2)22(23-18)15-9-10-17-16-6-4-5-7-19(16)25(3)20(17)12-15/h4-13H,1-3H3. The number of hydrogen-bond donors (Lipinski definition) is 0. The zero-order chi connectivity index (χ0) is 17.8. The molecule has 3 heterocycles. The average Bonchev–Trinajstić information content (AvgIpc) is 3.33. The van der Waals surface area contributed by atoms with Gasteiger partial charge in [0.25, 0.3) is 0 Å². The summed E-state index contributed by atoms with van der Waals surface area (Å²) >= 11 is 1.79. The molecule has 0 amide bonds. The normalized spacial score (nSPS) is 11.7. The molecule has 0 radical (unpaired) electrons. The molecular formula is C22H19N3S. The van der Waals surface area contributed by atoms with Gasteiger partial charge in [0, 0.05) is 52.5 Å². The van der Waals surface area contributed by atoms with Crippen LogP contribution in [-0.2, 0) is 14.1 Å². The van der Waals surface area contributed by atoms with Crippen LogP contribution in [0, 0.1) is 6.92 Å². The second-order valence-electron chi connectivity index (χ2n) is 6.78. The van der Waals surface area contributed by atoms with Crippen LogP contribution < -0.4 is 0 Å². The third-order valence-corrected chi connectivity index (χ3v) is 6.07. The van der Waals surface area contributed by atoms with Crippen molar-refractivity contribution in [3.8, 4) is 22.0 Å². The van der Waals surface area contributed by atoms with Gasteiger partial charge >= 0.3 is 0 Å². The molecule has 0 unspecified atom stereocenters. The Hall–Kier alpha value is -2.85. The summed E-state index contributed by atoms with van der Waals surface area (Å²) in [6.07, 6.45) is 2.12. The highest BCUT2D eigenvalue weighted by molar-refractivity contribution is 7.15. The van der Waals surface area contributed by atoms with Gasteiger partial charge in [-0.2, -0.15) is 0 Å². The van der Waals surface area contributed by atoms with Crippen LogP contribution in [0.5, 0.6) is 0 Å². The number of thiophene rings is 1. The van der Waals surface area contributed by atoms with E-state index >= 15 is 0 Å². The first-order valence-corrected chi connectivity index (χ1v) is 9.51. The van der Waals surface area contributed by atoms with E-state index in [1.807, 2.05) is 0 Å². The van der Waals surface area contributed by atoms with Crippen LogP contribution in [0.1, 0.15) is 4.88 Å². The maximum atomic E-state index is 4.92. The number of imidazole rings is 1. The SMILES string of the molecule is Cc1ccc(-c2cn(C)c(-c3ccc4c5ccccc5n(C)c4c3)n2)s1. The Morgan fingerprint density at radius 3 is 2.50 bits per heavy atom. The van der Waals surface area contributed by atoms with Gasteiger partial charge in [0.05, 0.1) is 10.6 Å². The zero-order valence-electron chi connectivity index (χ0n) is 15.0. The first-order chi connectivity index (χ1) is 12.6. The number of benzene rings is 2. The van der Waals surface area contributed by atoms with Crippen LogP contribution in [-0.4, -0.2) is 14.1 Å². The van der Waals surface area contributed by atoms with E-state index in [2.05, 4.69) is 90.9 Å². The molecule has 4 heteroatoms. The molecule has 5 aromatic rings. The van der Waals surface area contributed by atoms with Gasteiger partial charge < -0.3 is 9.13 Å². The van der Waals surface area contributed by atoms with Gasteiger partial charge in [-0.25, -0.2) is 4.98 Å². The number of rotatable bonds is 2. The zero-order valence-corrected chi connectivity index (χ0v) is 15.8. The van der Waals surface area contributed by atoms with E-state index in [0.29, 0.717) is 0 Å². The van der Waals surface area contributed by atoms with Crippen molar-refractivity contribution in [3.63, 3.8) is 0 Å². The molecule has 0 fully saturated rings. The lowest BCUT2D eigenvalue weighted by atomic mass is 10.1. The minimum Gasteiger partial charge on any atom is -0.344 e. The van der Waals surface area contributed by atoms with E-state index in [1.165, 1.54) is 31.6 Å². The molecule has 0 aliphatic carbocycles. The number of para-hydroxylation sites is 1. The third kappa shape index (κ3) is 2.22. The van der Waals surface area contributed by atoms with Crippen molar-refractivity contribution in [2.45, 2.75) is 6.92 Å². The fraction of sp³-hybridized carbons (Fsp3) is 0.136. The molecule has 2 aromatic carbocycles. The molecule has 0 atom stereocenters. The van der Waals surface area contributed by atoms with E-state index in [9.17, 15) is 0 Å². The second-order valence-corrected chi connectivity index (χ2v) is 8.07. The third-order valence-electron chi connectivity index (χ3n) is 5.04. The smallest absolute Gasteiger partial charge is 0.140 e. The minimum absolute atomic E-state index is 0.998. The Labute approximate surface area is 156 Å². The van der Waals surface area contributed by atoms with Crippen molar-refractivity contribution in [1.29, 1.82) is 0 Å². The molecule has 5 rings (SSSR count). The van der Waals surface area contributed by atoms with E-state index in [4.69, 9.17) is 4.98 Å². The lowest BCUT2D eigenvalue weighted by Gasteiger charge is -2.03. The van der Waals surface area contributed by atoms with Crippen molar-refractivity contribution in [3.05, 3.63) is 65.7 Å². The topological polar surface area (TPSA) is 22.8 Å². The summed E-state index contributed by atoms with van der Waals surface area (Å²) < 4.78 is 4.38. The summed E-state index contributed by atoms with van der Waals surface area (Å²) in [5, 5.41) is 2.58. The van der Waals surface area contributed by atoms with E-state index in [0.717, 1.165) is 17.1 Å². The number of hydrogen-bond acceptors (Lipinski definition) is 2. The summed E-state index contributed by atoms with van der Waals surface area (Å²) in [6, 6.07) is 19.5. The lowest BCUT2D eigenvalue weighted by molar-refractivity contribution is 0.925. The number of nitrogens with zero attached hydrogens (tertiary/aromatic N) is 3. The highest BCUT2D eigenvalue weighted by Crippen LogP contribution is 2.33. The van der Waals surface area contributed by atoms with Crippen LogP contribution in [0.25, 0.3) is 43.8 Å². The molecule has 3 aromatic heterocycles. The van der Waals surface area contributed by atoms with Gasteiger partial charge in [-0.3, -0.25) is 0 Å². The largest absolute Gasteiger partial charge is 0.344 e. The molecule has 0 N–H and O–H groups in total. The Balaban J connectivity index is 1.69. The Morgan fingerprint density at radius 1 is 0.885 bits per heavy atom. The van der Waals surface area contributed by atoms with Crippen molar-refractivity contribution in [2.24, 2.45) is 14.1 Å². The van der Waals surface area contributed by atoms with Gasteiger partial charge in [-0.15, -0.1) is 11.3 Å². The predicted molar refractivity (Wildman–Crippen MR) is 111 cm³/mol. The Bertz CT molecular complexity index is 1270. The van der Waals surface area contributed by atoms with E-state index < -0.39 is 0 Å². The summed E-state index contributed by atoms with van der Waals surface area (Å²) in [6.45, 7) is 2.13. The molecule has 0 spiro atoms. The van der Waals surface area contributed by atoms with Crippen molar-refractivity contribution in [1.82, 2.24) is 14.1 Å². The first kappa shape index (κ1) is 15.4. The molecule has 3 nitrogen and oxygen atoms in total. The fourth-order valence-corrected chi connectivity index (χ4v) is 4.55. The quantitative estimate of drug-likeness (QED) is 0.393. The molecular weight excluding hydrogens is 338 g/mol. The van der Waals surface area contributed by atoms with Crippen LogP contribution in [0.2, 0.25) is 0 Å². The second kappa shape index (κ2) is 5.58. The highest BCUT2D eigenvalue weighted by atomic mass is 32.1. The summed E-state index contributed by atoms with van der Waals surface area (Å²) in [4.78, 5) is 7.45. The predicted octanol–water partition coefficient (Wildman–Crippen LogP) is 5.77. The van der Waals surface area contributed by atoms with Crippen LogP contribution in [0.4, 0.5) is 0 Å². The van der Waals surface area contributed by atoms with E-state index in [-0.39, 0.29) is 0 Å². The van der Waals surface area contributed by atoms with Crippen LogP contribution in [0.3, 0.4) is 0 Å². The molecule has 0 aliphatic rings. The minimum atomic E-state index is 0.998. The van der Waals surface area contributed by atoms with Crippen LogP contribution in [0.15, 0.2) is 60.8 Å². The van der Waals surface area contributed by atoms with Gasteiger partial charge in [0.2, 0.25) is 0 Å². The van der Waals surface area contributed by atoms with E-state index in [1.54, 1.807) is 11.3 Å². The maximum Gasteiger partial charge on any atom is 0.140 e. The molecule has 0 bridgehead atoms.